The number of carbonyl (C=O) groups excluding carboxylic acids is 1. The van der Waals surface area contributed by atoms with Gasteiger partial charge in [0.1, 0.15) is 18.1 Å². The van der Waals surface area contributed by atoms with Crippen molar-refractivity contribution in [3.63, 3.8) is 0 Å². The molecule has 0 N–H and O–H groups in total. The molecule has 6 heteroatoms. The van der Waals surface area contributed by atoms with Crippen LogP contribution in [0.3, 0.4) is 0 Å². The van der Waals surface area contributed by atoms with Crippen LogP contribution in [-0.4, -0.2) is 22.7 Å². The summed E-state index contributed by atoms with van der Waals surface area (Å²) in [4.78, 5) is 12.4. The van der Waals surface area contributed by atoms with Gasteiger partial charge in [0.15, 0.2) is 5.69 Å². The normalized spacial score (nSPS) is 11.7. The van der Waals surface area contributed by atoms with Gasteiger partial charge < -0.3 is 9.47 Å². The van der Waals surface area contributed by atoms with Crippen LogP contribution in [0.4, 0.5) is 0 Å². The predicted octanol–water partition coefficient (Wildman–Crippen LogP) is 5.85. The summed E-state index contributed by atoms with van der Waals surface area (Å²) in [7, 11) is 3.35. The largest absolute Gasteiger partial charge is 0.496 e. The molecule has 3 aromatic rings. The number of benzene rings is 2. The lowest BCUT2D eigenvalue weighted by Gasteiger charge is -2.19. The number of ketones is 1. The summed E-state index contributed by atoms with van der Waals surface area (Å²) in [6.07, 6.45) is 4.79. The van der Waals surface area contributed by atoms with Gasteiger partial charge in [-0.3, -0.25) is 9.48 Å². The van der Waals surface area contributed by atoms with Crippen molar-refractivity contribution in [2.75, 3.05) is 7.11 Å². The van der Waals surface area contributed by atoms with Crippen molar-refractivity contribution in [3.05, 3.63) is 82.1 Å². The SMILES string of the molecule is COc1ccc(/C=C/C(=O)c2nn(C)cc2Cl)cc1COc1ccc(C(C)(C)C)cc1. The first-order valence-corrected chi connectivity index (χ1v) is 10.4. The topological polar surface area (TPSA) is 53.3 Å². The van der Waals surface area contributed by atoms with Crippen molar-refractivity contribution >= 4 is 23.5 Å². The highest BCUT2D eigenvalue weighted by Crippen LogP contribution is 2.26. The molecule has 0 radical (unpaired) electrons. The Hall–Kier alpha value is -3.05. The molecule has 0 amide bonds. The van der Waals surface area contributed by atoms with Crippen molar-refractivity contribution in [3.8, 4) is 11.5 Å². The zero-order chi connectivity index (χ0) is 22.6. The lowest BCUT2D eigenvalue weighted by molar-refractivity contribution is 0.104. The van der Waals surface area contributed by atoms with Crippen LogP contribution in [-0.2, 0) is 19.1 Å². The molecular weight excluding hydrogens is 412 g/mol. The van der Waals surface area contributed by atoms with E-state index < -0.39 is 0 Å². The number of carbonyl (C=O) groups is 1. The maximum atomic E-state index is 12.4. The number of rotatable bonds is 7. The molecule has 0 bridgehead atoms. The Morgan fingerprint density at radius 1 is 1.16 bits per heavy atom. The third kappa shape index (κ3) is 5.76. The Morgan fingerprint density at radius 3 is 2.45 bits per heavy atom. The van der Waals surface area contributed by atoms with Gasteiger partial charge in [0.25, 0.3) is 0 Å². The van der Waals surface area contributed by atoms with E-state index in [1.54, 1.807) is 26.4 Å². The molecule has 0 saturated carbocycles. The number of hydrogen-bond donors (Lipinski definition) is 0. The molecule has 162 valence electrons. The standard InChI is InChI=1S/C25H27ClN2O3/c1-25(2,3)19-8-10-20(11-9-19)31-16-18-14-17(7-13-23(18)30-5)6-12-22(29)24-21(26)15-28(4)27-24/h6-15H,16H2,1-5H3/b12-6+. The molecular formula is C25H27ClN2O3. The van der Waals surface area contributed by atoms with E-state index in [1.165, 1.54) is 16.3 Å². The number of ether oxygens (including phenoxy) is 2. The quantitative estimate of drug-likeness (QED) is 0.342. The second kappa shape index (κ2) is 9.40. The number of methoxy groups -OCH3 is 1. The number of aryl methyl sites for hydroxylation is 1. The van der Waals surface area contributed by atoms with Crippen molar-refractivity contribution in [2.24, 2.45) is 7.05 Å². The molecule has 5 nitrogen and oxygen atoms in total. The van der Waals surface area contributed by atoms with Crippen LogP contribution in [0.2, 0.25) is 5.02 Å². The van der Waals surface area contributed by atoms with E-state index in [2.05, 4.69) is 38.0 Å². The Labute approximate surface area is 188 Å². The van der Waals surface area contributed by atoms with Crippen LogP contribution in [0.25, 0.3) is 6.08 Å². The Morgan fingerprint density at radius 2 is 1.87 bits per heavy atom. The van der Waals surface area contributed by atoms with Crippen LogP contribution in [0.15, 0.2) is 54.7 Å². The summed E-state index contributed by atoms with van der Waals surface area (Å²) < 4.78 is 12.9. The Kier molecular flexibility index (Phi) is 6.86. The van der Waals surface area contributed by atoms with Crippen molar-refractivity contribution in [1.29, 1.82) is 0 Å². The van der Waals surface area contributed by atoms with Crippen LogP contribution < -0.4 is 9.47 Å². The van der Waals surface area contributed by atoms with E-state index >= 15 is 0 Å². The number of nitrogens with zero attached hydrogens (tertiary/aromatic N) is 2. The van der Waals surface area contributed by atoms with Crippen LogP contribution in [0, 0.1) is 0 Å². The smallest absolute Gasteiger partial charge is 0.207 e. The molecule has 3 rings (SSSR count). The molecule has 1 heterocycles. The lowest BCUT2D eigenvalue weighted by atomic mass is 9.87. The fourth-order valence-electron chi connectivity index (χ4n) is 3.10. The molecule has 0 aliphatic rings. The van der Waals surface area contributed by atoms with E-state index in [-0.39, 0.29) is 16.9 Å². The highest BCUT2D eigenvalue weighted by atomic mass is 35.5. The minimum atomic E-state index is -0.252. The third-order valence-corrected chi connectivity index (χ3v) is 5.14. The molecule has 2 aromatic carbocycles. The van der Waals surface area contributed by atoms with E-state index in [9.17, 15) is 4.79 Å². The maximum absolute atomic E-state index is 12.4. The molecule has 0 spiro atoms. The maximum Gasteiger partial charge on any atom is 0.207 e. The molecule has 0 aliphatic carbocycles. The minimum Gasteiger partial charge on any atom is -0.496 e. The first-order chi connectivity index (χ1) is 14.7. The molecule has 0 unspecified atom stereocenters. The zero-order valence-corrected chi connectivity index (χ0v) is 19.2. The summed E-state index contributed by atoms with van der Waals surface area (Å²) in [5.74, 6) is 1.26. The average Bonchev–Trinajstić information content (AvgIpc) is 3.08. The van der Waals surface area contributed by atoms with Gasteiger partial charge in [0, 0.05) is 18.8 Å². The van der Waals surface area contributed by atoms with Gasteiger partial charge >= 0.3 is 0 Å². The molecule has 0 aliphatic heterocycles. The fourth-order valence-corrected chi connectivity index (χ4v) is 3.38. The number of halogens is 1. The van der Waals surface area contributed by atoms with Crippen molar-refractivity contribution in [1.82, 2.24) is 9.78 Å². The van der Waals surface area contributed by atoms with Crippen LogP contribution >= 0.6 is 11.6 Å². The van der Waals surface area contributed by atoms with Crippen molar-refractivity contribution in [2.45, 2.75) is 32.8 Å². The van der Waals surface area contributed by atoms with Gasteiger partial charge in [-0.2, -0.15) is 5.10 Å². The van der Waals surface area contributed by atoms with Crippen LogP contribution in [0.1, 0.15) is 48.0 Å². The average molecular weight is 439 g/mol. The fraction of sp³-hybridized carbons (Fsp3) is 0.280. The number of hydrogen-bond acceptors (Lipinski definition) is 4. The second-order valence-corrected chi connectivity index (χ2v) is 8.74. The van der Waals surface area contributed by atoms with Gasteiger partial charge in [-0.25, -0.2) is 0 Å². The predicted molar refractivity (Wildman–Crippen MR) is 124 cm³/mol. The van der Waals surface area contributed by atoms with E-state index in [0.29, 0.717) is 11.6 Å². The molecule has 31 heavy (non-hydrogen) atoms. The molecule has 0 atom stereocenters. The second-order valence-electron chi connectivity index (χ2n) is 8.33. The minimum absolute atomic E-state index is 0.0966. The first kappa shape index (κ1) is 22.6. The summed E-state index contributed by atoms with van der Waals surface area (Å²) in [5.41, 5.74) is 3.31. The van der Waals surface area contributed by atoms with E-state index in [0.717, 1.165) is 22.6 Å². The summed E-state index contributed by atoms with van der Waals surface area (Å²) in [6, 6.07) is 13.8. The summed E-state index contributed by atoms with van der Waals surface area (Å²) >= 11 is 6.05. The van der Waals surface area contributed by atoms with Gasteiger partial charge in [-0.05, 0) is 46.9 Å². The molecule has 0 saturated heterocycles. The third-order valence-electron chi connectivity index (χ3n) is 4.86. The highest BCUT2D eigenvalue weighted by Gasteiger charge is 2.14. The summed E-state index contributed by atoms with van der Waals surface area (Å²) in [6.45, 7) is 6.89. The Balaban J connectivity index is 1.73. The monoisotopic (exact) mass is 438 g/mol. The van der Waals surface area contributed by atoms with Crippen molar-refractivity contribution < 1.29 is 14.3 Å². The van der Waals surface area contributed by atoms with Gasteiger partial charge in [0.2, 0.25) is 5.78 Å². The van der Waals surface area contributed by atoms with Crippen LogP contribution in [0.5, 0.6) is 11.5 Å². The molecule has 1 aromatic heterocycles. The lowest BCUT2D eigenvalue weighted by Crippen LogP contribution is -2.10. The molecule has 0 fully saturated rings. The van der Waals surface area contributed by atoms with E-state index in [4.69, 9.17) is 21.1 Å². The summed E-state index contributed by atoms with van der Waals surface area (Å²) in [5, 5.41) is 4.43. The zero-order valence-electron chi connectivity index (χ0n) is 18.5. The van der Waals surface area contributed by atoms with Gasteiger partial charge in [-0.15, -0.1) is 0 Å². The van der Waals surface area contributed by atoms with Gasteiger partial charge in [0.05, 0.1) is 12.1 Å². The van der Waals surface area contributed by atoms with Gasteiger partial charge in [-0.1, -0.05) is 56.6 Å². The number of aromatic nitrogens is 2. The first-order valence-electron chi connectivity index (χ1n) is 9.99. The highest BCUT2D eigenvalue weighted by molar-refractivity contribution is 6.34. The van der Waals surface area contributed by atoms with E-state index in [1.807, 2.05) is 30.3 Å². The Bertz CT molecular complexity index is 1090. The number of allylic oxidation sites excluding steroid dienone is 1.